The molecule has 2 heterocycles. The first kappa shape index (κ1) is 11.7. The summed E-state index contributed by atoms with van der Waals surface area (Å²) in [5.74, 6) is 0.130. The molecule has 0 saturated heterocycles. The van der Waals surface area contributed by atoms with E-state index in [4.69, 9.17) is 0 Å². The van der Waals surface area contributed by atoms with Gasteiger partial charge in [-0.15, -0.1) is 0 Å². The van der Waals surface area contributed by atoms with Crippen LogP contribution in [0.15, 0.2) is 12.1 Å². The summed E-state index contributed by atoms with van der Waals surface area (Å²) in [7, 11) is 2.13. The van der Waals surface area contributed by atoms with E-state index < -0.39 is 0 Å². The van der Waals surface area contributed by atoms with Crippen LogP contribution in [0, 0.1) is 5.82 Å². The summed E-state index contributed by atoms with van der Waals surface area (Å²) in [6.45, 7) is 6.10. The number of rotatable bonds is 1. The van der Waals surface area contributed by atoms with E-state index in [2.05, 4.69) is 16.9 Å². The predicted octanol–water partition coefficient (Wildman–Crippen LogP) is 3.42. The summed E-state index contributed by atoms with van der Waals surface area (Å²) in [6, 6.07) is 3.69. The van der Waals surface area contributed by atoms with Crippen LogP contribution in [-0.4, -0.2) is 23.5 Å². The molecule has 1 aliphatic heterocycles. The van der Waals surface area contributed by atoms with Crippen molar-refractivity contribution in [1.29, 1.82) is 0 Å². The standard InChI is InChI=1S/C15H19FN2/c1-9(2)10-6-11-12-8-18(3)5-4-14(12)17-15(11)7-13(10)16/h6-7,9,17H,4-5,8H2,1-3H3. The second kappa shape index (κ2) is 4.09. The van der Waals surface area contributed by atoms with Gasteiger partial charge in [0.25, 0.3) is 0 Å². The third-order valence-electron chi connectivity index (χ3n) is 3.91. The van der Waals surface area contributed by atoms with Crippen molar-refractivity contribution in [2.45, 2.75) is 32.7 Å². The first-order valence-corrected chi connectivity index (χ1v) is 6.57. The molecule has 0 fully saturated rings. The minimum absolute atomic E-state index is 0.0931. The Morgan fingerprint density at radius 3 is 2.83 bits per heavy atom. The van der Waals surface area contributed by atoms with Crippen LogP contribution < -0.4 is 0 Å². The van der Waals surface area contributed by atoms with Crippen molar-refractivity contribution < 1.29 is 4.39 Å². The quantitative estimate of drug-likeness (QED) is 0.817. The second-order valence-electron chi connectivity index (χ2n) is 5.64. The molecule has 2 nitrogen and oxygen atoms in total. The van der Waals surface area contributed by atoms with Crippen molar-refractivity contribution in [2.24, 2.45) is 0 Å². The molecule has 0 spiro atoms. The molecule has 1 aromatic carbocycles. The van der Waals surface area contributed by atoms with Crippen LogP contribution in [0.5, 0.6) is 0 Å². The van der Waals surface area contributed by atoms with Gasteiger partial charge in [-0.25, -0.2) is 4.39 Å². The summed E-state index contributed by atoms with van der Waals surface area (Å²) in [5, 5.41) is 1.20. The molecule has 0 bridgehead atoms. The number of H-pyrrole nitrogens is 1. The van der Waals surface area contributed by atoms with Gasteiger partial charge in [-0.1, -0.05) is 13.8 Å². The number of aromatic nitrogens is 1. The number of fused-ring (bicyclic) bond motifs is 3. The summed E-state index contributed by atoms with van der Waals surface area (Å²) in [6.07, 6.45) is 1.03. The number of hydrogen-bond acceptors (Lipinski definition) is 1. The van der Waals surface area contributed by atoms with E-state index in [1.807, 2.05) is 19.9 Å². The first-order valence-electron chi connectivity index (χ1n) is 6.57. The third kappa shape index (κ3) is 1.74. The lowest BCUT2D eigenvalue weighted by atomic mass is 9.98. The molecule has 96 valence electrons. The van der Waals surface area contributed by atoms with Gasteiger partial charge in [0.15, 0.2) is 0 Å². The van der Waals surface area contributed by atoms with E-state index in [-0.39, 0.29) is 11.7 Å². The van der Waals surface area contributed by atoms with Crippen molar-refractivity contribution >= 4 is 10.9 Å². The van der Waals surface area contributed by atoms with E-state index in [1.165, 1.54) is 16.6 Å². The number of nitrogens with one attached hydrogen (secondary N) is 1. The van der Waals surface area contributed by atoms with Gasteiger partial charge in [0.1, 0.15) is 5.82 Å². The van der Waals surface area contributed by atoms with Crippen LogP contribution in [0.2, 0.25) is 0 Å². The summed E-state index contributed by atoms with van der Waals surface area (Å²) >= 11 is 0. The van der Waals surface area contributed by atoms with Gasteiger partial charge in [0, 0.05) is 36.1 Å². The lowest BCUT2D eigenvalue weighted by Crippen LogP contribution is -2.26. The zero-order valence-corrected chi connectivity index (χ0v) is 11.2. The maximum absolute atomic E-state index is 14.0. The average molecular weight is 246 g/mol. The Bertz CT molecular complexity index is 598. The van der Waals surface area contributed by atoms with Crippen molar-refractivity contribution in [3.63, 3.8) is 0 Å². The Hall–Kier alpha value is -1.35. The van der Waals surface area contributed by atoms with Crippen LogP contribution in [0.3, 0.4) is 0 Å². The fourth-order valence-corrected chi connectivity index (χ4v) is 2.83. The van der Waals surface area contributed by atoms with Gasteiger partial charge < -0.3 is 9.88 Å². The monoisotopic (exact) mass is 246 g/mol. The molecule has 3 rings (SSSR count). The van der Waals surface area contributed by atoms with Crippen molar-refractivity contribution in [1.82, 2.24) is 9.88 Å². The molecule has 0 aliphatic carbocycles. The molecule has 3 heteroatoms. The van der Waals surface area contributed by atoms with Crippen LogP contribution in [0.1, 0.15) is 36.6 Å². The topological polar surface area (TPSA) is 19.0 Å². The normalized spacial score (nSPS) is 16.5. The van der Waals surface area contributed by atoms with E-state index in [0.29, 0.717) is 0 Å². The number of benzene rings is 1. The second-order valence-corrected chi connectivity index (χ2v) is 5.64. The molecular formula is C15H19FN2. The first-order chi connectivity index (χ1) is 8.56. The van der Waals surface area contributed by atoms with Crippen LogP contribution in [0.4, 0.5) is 4.39 Å². The summed E-state index contributed by atoms with van der Waals surface area (Å²) in [4.78, 5) is 5.69. The Balaban J connectivity index is 2.22. The van der Waals surface area contributed by atoms with Crippen molar-refractivity contribution in [2.75, 3.05) is 13.6 Å². The number of halogens is 1. The molecular weight excluding hydrogens is 227 g/mol. The van der Waals surface area contributed by atoms with Crippen LogP contribution >= 0.6 is 0 Å². The van der Waals surface area contributed by atoms with E-state index in [1.54, 1.807) is 6.07 Å². The fraction of sp³-hybridized carbons (Fsp3) is 0.467. The molecule has 1 aliphatic rings. The molecule has 1 aromatic heterocycles. The lowest BCUT2D eigenvalue weighted by molar-refractivity contribution is 0.313. The average Bonchev–Trinajstić information content (AvgIpc) is 2.64. The molecule has 0 unspecified atom stereocenters. The SMILES string of the molecule is CC(C)c1cc2c3c([nH]c2cc1F)CCN(C)C3. The van der Waals surface area contributed by atoms with Gasteiger partial charge in [-0.3, -0.25) is 0 Å². The van der Waals surface area contributed by atoms with Gasteiger partial charge in [-0.05, 0) is 36.2 Å². The van der Waals surface area contributed by atoms with Crippen LogP contribution in [-0.2, 0) is 13.0 Å². The minimum atomic E-state index is -0.0931. The lowest BCUT2D eigenvalue weighted by Gasteiger charge is -2.22. The number of aromatic amines is 1. The summed E-state index contributed by atoms with van der Waals surface area (Å²) < 4.78 is 14.0. The molecule has 0 atom stereocenters. The number of likely N-dealkylation sites (N-methyl/N-ethyl adjacent to an activating group) is 1. The Morgan fingerprint density at radius 1 is 1.33 bits per heavy atom. The van der Waals surface area contributed by atoms with Gasteiger partial charge in [0.05, 0.1) is 0 Å². The van der Waals surface area contributed by atoms with Crippen molar-refractivity contribution in [3.8, 4) is 0 Å². The minimum Gasteiger partial charge on any atom is -0.358 e. The fourth-order valence-electron chi connectivity index (χ4n) is 2.83. The van der Waals surface area contributed by atoms with Gasteiger partial charge >= 0.3 is 0 Å². The molecule has 2 aromatic rings. The molecule has 1 N–H and O–H groups in total. The highest BCUT2D eigenvalue weighted by Crippen LogP contribution is 2.31. The largest absolute Gasteiger partial charge is 0.358 e. The highest BCUT2D eigenvalue weighted by atomic mass is 19.1. The van der Waals surface area contributed by atoms with Crippen LogP contribution in [0.25, 0.3) is 10.9 Å². The molecule has 0 saturated carbocycles. The molecule has 0 amide bonds. The smallest absolute Gasteiger partial charge is 0.128 e. The van der Waals surface area contributed by atoms with E-state index in [0.717, 1.165) is 30.6 Å². The van der Waals surface area contributed by atoms with Crippen molar-refractivity contribution in [3.05, 3.63) is 34.8 Å². The van der Waals surface area contributed by atoms with Gasteiger partial charge in [0.2, 0.25) is 0 Å². The Kier molecular flexibility index (Phi) is 2.67. The predicted molar refractivity (Wildman–Crippen MR) is 72.4 cm³/mol. The molecule has 0 radical (unpaired) electrons. The Morgan fingerprint density at radius 2 is 2.11 bits per heavy atom. The zero-order valence-electron chi connectivity index (χ0n) is 11.2. The maximum atomic E-state index is 14.0. The maximum Gasteiger partial charge on any atom is 0.128 e. The third-order valence-corrected chi connectivity index (χ3v) is 3.91. The molecule has 18 heavy (non-hydrogen) atoms. The van der Waals surface area contributed by atoms with Gasteiger partial charge in [-0.2, -0.15) is 0 Å². The number of hydrogen-bond donors (Lipinski definition) is 1. The number of nitrogens with zero attached hydrogens (tertiary/aromatic N) is 1. The highest BCUT2D eigenvalue weighted by Gasteiger charge is 2.20. The van der Waals surface area contributed by atoms with E-state index in [9.17, 15) is 4.39 Å². The summed E-state index contributed by atoms with van der Waals surface area (Å²) in [5.41, 5.74) is 4.39. The zero-order chi connectivity index (χ0) is 12.9. The highest BCUT2D eigenvalue weighted by molar-refractivity contribution is 5.85. The Labute approximate surface area is 107 Å². The van der Waals surface area contributed by atoms with E-state index >= 15 is 0 Å².